The normalized spacial score (nSPS) is 27.3. The minimum absolute atomic E-state index is 0.114. The fraction of sp³-hybridized carbons (Fsp3) is 0.552. The van der Waals surface area contributed by atoms with Crippen molar-refractivity contribution in [2.45, 2.75) is 58.1 Å². The van der Waals surface area contributed by atoms with E-state index in [1.165, 1.54) is 37.0 Å². The summed E-state index contributed by atoms with van der Waals surface area (Å²) in [7, 11) is 4.23. The number of phenolic OH excluding ortho intramolecular Hbond substituents is 1. The van der Waals surface area contributed by atoms with E-state index < -0.39 is 12.0 Å². The molecule has 2 fully saturated rings. The van der Waals surface area contributed by atoms with Gasteiger partial charge in [-0.15, -0.1) is 0 Å². The zero-order chi connectivity index (χ0) is 25.9. The third-order valence-corrected chi connectivity index (χ3v) is 8.70. The van der Waals surface area contributed by atoms with Crippen molar-refractivity contribution in [1.82, 2.24) is 4.90 Å². The third-order valence-electron chi connectivity index (χ3n) is 8.70. The van der Waals surface area contributed by atoms with E-state index in [4.69, 9.17) is 20.7 Å². The summed E-state index contributed by atoms with van der Waals surface area (Å²) in [4.78, 5) is 12.6. The second-order valence-corrected chi connectivity index (χ2v) is 11.2. The second-order valence-electron chi connectivity index (χ2n) is 11.2. The van der Waals surface area contributed by atoms with E-state index in [-0.39, 0.29) is 23.2 Å². The molecule has 2 aliphatic carbocycles. The number of carboxylic acid groups (broad SMARTS) is 1. The van der Waals surface area contributed by atoms with Crippen molar-refractivity contribution in [2.75, 3.05) is 27.2 Å². The summed E-state index contributed by atoms with van der Waals surface area (Å²) in [6.07, 6.45) is 4.08. The number of nitrogens with zero attached hydrogens (tertiary/aromatic N) is 1. The minimum atomic E-state index is -1.02. The number of phenols is 1. The van der Waals surface area contributed by atoms with Gasteiger partial charge in [0.1, 0.15) is 11.8 Å². The predicted molar refractivity (Wildman–Crippen MR) is 139 cm³/mol. The zero-order valence-electron chi connectivity index (χ0n) is 21.8. The summed E-state index contributed by atoms with van der Waals surface area (Å²) in [5.74, 6) is -0.0854. The second kappa shape index (κ2) is 10.7. The Morgan fingerprint density at radius 1 is 1.11 bits per heavy atom. The van der Waals surface area contributed by atoms with Crippen LogP contribution in [-0.2, 0) is 21.6 Å². The molecule has 6 nitrogen and oxygen atoms in total. The van der Waals surface area contributed by atoms with E-state index in [1.54, 1.807) is 12.1 Å². The van der Waals surface area contributed by atoms with Crippen LogP contribution in [0.4, 0.5) is 0 Å². The van der Waals surface area contributed by atoms with E-state index >= 15 is 0 Å². The molecule has 2 aliphatic rings. The Kier molecular flexibility index (Phi) is 8.30. The number of hydrogen-bond acceptors (Lipinski definition) is 5. The van der Waals surface area contributed by atoms with Crippen molar-refractivity contribution in [1.29, 1.82) is 0 Å². The number of fused-ring (bicyclic) bond motifs is 2. The molecule has 0 aromatic heterocycles. The quantitative estimate of drug-likeness (QED) is 0.507. The number of carbonyl (C=O) groups is 1. The van der Waals surface area contributed by atoms with Crippen LogP contribution in [0.25, 0.3) is 0 Å². The van der Waals surface area contributed by atoms with E-state index in [9.17, 15) is 4.79 Å². The third kappa shape index (κ3) is 5.40. The van der Waals surface area contributed by atoms with Crippen molar-refractivity contribution in [3.8, 4) is 5.75 Å². The molecule has 2 saturated carbocycles. The number of likely N-dealkylation sites (N-methyl/N-ethyl adjacent to an activating group) is 1. The molecule has 0 radical (unpaired) electrons. The molecule has 0 amide bonds. The molecule has 0 spiro atoms. The summed E-state index contributed by atoms with van der Waals surface area (Å²) in [5, 5.41) is 17.5. The van der Waals surface area contributed by atoms with Gasteiger partial charge in [-0.3, -0.25) is 4.79 Å². The number of ether oxygens (including phenoxy) is 1. The highest BCUT2D eigenvalue weighted by Gasteiger charge is 2.69. The molecule has 2 bridgehead atoms. The lowest BCUT2D eigenvalue weighted by Gasteiger charge is -2.49. The van der Waals surface area contributed by atoms with Crippen molar-refractivity contribution in [2.24, 2.45) is 22.5 Å². The molecular formula is C29H42N2O4. The Balaban J connectivity index is 0.000000225. The molecule has 192 valence electrons. The molecule has 4 rings (SSSR count). The summed E-state index contributed by atoms with van der Waals surface area (Å²) in [6.45, 7) is 9.19. The van der Waals surface area contributed by atoms with Gasteiger partial charge < -0.3 is 25.6 Å². The van der Waals surface area contributed by atoms with Gasteiger partial charge >= 0.3 is 5.97 Å². The highest BCUT2D eigenvalue weighted by molar-refractivity contribution is 5.73. The van der Waals surface area contributed by atoms with Crippen LogP contribution < -0.4 is 5.73 Å². The van der Waals surface area contributed by atoms with E-state index in [2.05, 4.69) is 70.1 Å². The van der Waals surface area contributed by atoms with Crippen molar-refractivity contribution < 1.29 is 19.7 Å². The summed E-state index contributed by atoms with van der Waals surface area (Å²) in [6, 6.07) is 16.4. The lowest BCUT2D eigenvalue weighted by molar-refractivity contribution is -0.148. The van der Waals surface area contributed by atoms with E-state index in [0.29, 0.717) is 5.41 Å². The first-order valence-corrected chi connectivity index (χ1v) is 12.5. The average molecular weight is 483 g/mol. The van der Waals surface area contributed by atoms with Gasteiger partial charge in [0.25, 0.3) is 0 Å². The first-order chi connectivity index (χ1) is 16.4. The molecule has 4 N–H and O–H groups in total. The molecule has 35 heavy (non-hydrogen) atoms. The first kappa shape index (κ1) is 27.2. The minimum Gasteiger partial charge on any atom is -0.508 e. The number of aliphatic carboxylic acids is 1. The largest absolute Gasteiger partial charge is 0.508 e. The molecule has 6 heteroatoms. The Hall–Kier alpha value is -2.41. The number of carboxylic acids is 1. The van der Waals surface area contributed by atoms with Gasteiger partial charge in [-0.1, -0.05) is 63.2 Å². The smallest absolute Gasteiger partial charge is 0.320 e. The Labute approximate surface area is 210 Å². The van der Waals surface area contributed by atoms with Crippen LogP contribution in [0.3, 0.4) is 0 Å². The molecule has 2 aromatic carbocycles. The molecule has 2 aromatic rings. The maximum Gasteiger partial charge on any atom is 0.320 e. The number of hydrogen-bond donors (Lipinski definition) is 3. The van der Waals surface area contributed by atoms with Crippen molar-refractivity contribution in [3.05, 3.63) is 65.7 Å². The molecular weight excluding hydrogens is 440 g/mol. The Bertz CT molecular complexity index is 976. The SMILES string of the molecule is CN(C)CCO[C@]1(c2ccccc2)C[C@H]2CC[C@]1(C)C2(C)C.NC(Cc1ccc(O)cc1)C(=O)O. The van der Waals surface area contributed by atoms with Crippen LogP contribution in [0.1, 0.15) is 51.2 Å². The number of rotatable bonds is 8. The van der Waals surface area contributed by atoms with Gasteiger partial charge in [0.15, 0.2) is 0 Å². The number of nitrogens with two attached hydrogens (primary N) is 1. The molecule has 0 heterocycles. The summed E-state index contributed by atoms with van der Waals surface area (Å²) < 4.78 is 6.72. The Morgan fingerprint density at radius 2 is 1.74 bits per heavy atom. The van der Waals surface area contributed by atoms with E-state index in [1.807, 2.05) is 0 Å². The molecule has 1 unspecified atom stereocenters. The lowest BCUT2D eigenvalue weighted by atomic mass is 9.62. The lowest BCUT2D eigenvalue weighted by Crippen LogP contribution is -2.47. The van der Waals surface area contributed by atoms with Crippen LogP contribution in [0.2, 0.25) is 0 Å². The number of benzene rings is 2. The van der Waals surface area contributed by atoms with Crippen LogP contribution in [0.15, 0.2) is 54.6 Å². The van der Waals surface area contributed by atoms with Gasteiger partial charge in [-0.2, -0.15) is 0 Å². The Morgan fingerprint density at radius 3 is 2.23 bits per heavy atom. The first-order valence-electron chi connectivity index (χ1n) is 12.5. The standard InChI is InChI=1S/C20H31NO.C9H11NO3/c1-18(2)17-11-12-19(18,3)20(15-17,22-14-13-21(4)5)16-9-7-6-8-10-16;10-8(9(12)13)5-6-1-3-7(11)4-2-6/h6-10,17H,11-15H2,1-5H3;1-4,8,11H,5,10H2,(H,12,13)/t17-,19-,20+;/m1./s1. The van der Waals surface area contributed by atoms with E-state index in [0.717, 1.165) is 24.6 Å². The summed E-state index contributed by atoms with van der Waals surface area (Å²) in [5.41, 5.74) is 7.96. The van der Waals surface area contributed by atoms with Gasteiger partial charge in [0, 0.05) is 12.0 Å². The highest BCUT2D eigenvalue weighted by Crippen LogP contribution is 2.73. The van der Waals surface area contributed by atoms with Crippen LogP contribution in [-0.4, -0.2) is 54.4 Å². The van der Waals surface area contributed by atoms with Crippen molar-refractivity contribution in [3.63, 3.8) is 0 Å². The van der Waals surface area contributed by atoms with Gasteiger partial charge in [0.2, 0.25) is 0 Å². The maximum absolute atomic E-state index is 10.4. The van der Waals surface area contributed by atoms with Crippen molar-refractivity contribution >= 4 is 5.97 Å². The molecule has 0 aliphatic heterocycles. The summed E-state index contributed by atoms with van der Waals surface area (Å²) >= 11 is 0. The molecule has 4 atom stereocenters. The fourth-order valence-electron chi connectivity index (χ4n) is 6.07. The number of aromatic hydroxyl groups is 1. The van der Waals surface area contributed by atoms with Gasteiger partial charge in [-0.25, -0.2) is 0 Å². The molecule has 0 saturated heterocycles. The van der Waals surface area contributed by atoms with Crippen LogP contribution in [0, 0.1) is 16.7 Å². The zero-order valence-corrected chi connectivity index (χ0v) is 21.8. The van der Waals surface area contributed by atoms with Gasteiger partial charge in [0.05, 0.1) is 12.2 Å². The fourth-order valence-corrected chi connectivity index (χ4v) is 6.07. The van der Waals surface area contributed by atoms with Crippen LogP contribution >= 0.6 is 0 Å². The predicted octanol–water partition coefficient (Wildman–Crippen LogP) is 4.65. The highest BCUT2D eigenvalue weighted by atomic mass is 16.5. The monoisotopic (exact) mass is 482 g/mol. The van der Waals surface area contributed by atoms with Crippen LogP contribution in [0.5, 0.6) is 5.75 Å². The van der Waals surface area contributed by atoms with Gasteiger partial charge in [-0.05, 0) is 74.4 Å². The average Bonchev–Trinajstić information content (AvgIpc) is 3.14. The maximum atomic E-state index is 10.4. The topological polar surface area (TPSA) is 96.0 Å².